The van der Waals surface area contributed by atoms with Crippen molar-refractivity contribution in [1.82, 2.24) is 4.98 Å². The Labute approximate surface area is 205 Å². The molecule has 3 aromatic carbocycles. The highest BCUT2D eigenvalue weighted by Gasteiger charge is 2.21. The molecule has 0 saturated carbocycles. The maximum atomic E-state index is 12.6. The third kappa shape index (κ3) is 5.65. The van der Waals surface area contributed by atoms with Crippen molar-refractivity contribution in [2.24, 2.45) is 0 Å². The zero-order chi connectivity index (χ0) is 23.9. The molecule has 0 fully saturated rings. The summed E-state index contributed by atoms with van der Waals surface area (Å²) < 4.78 is 18.1. The summed E-state index contributed by atoms with van der Waals surface area (Å²) >= 11 is 1.21. The minimum Gasteiger partial charge on any atom is -0.426 e. The summed E-state index contributed by atoms with van der Waals surface area (Å²) in [4.78, 5) is 30.2. The first-order valence-electron chi connectivity index (χ1n) is 10.7. The van der Waals surface area contributed by atoms with Crippen LogP contribution < -0.4 is 10.1 Å². The van der Waals surface area contributed by atoms with Gasteiger partial charge in [0.2, 0.25) is 0 Å². The van der Waals surface area contributed by atoms with E-state index in [4.69, 9.17) is 4.74 Å². The molecule has 0 aliphatic carbocycles. The third-order valence-electron chi connectivity index (χ3n) is 5.08. The lowest BCUT2D eigenvalue weighted by Crippen LogP contribution is -2.18. The van der Waals surface area contributed by atoms with E-state index >= 15 is 0 Å². The van der Waals surface area contributed by atoms with Crippen molar-refractivity contribution in [3.63, 3.8) is 0 Å². The molecule has 1 aromatic heterocycles. The fourth-order valence-electron chi connectivity index (χ4n) is 3.32. The van der Waals surface area contributed by atoms with Crippen molar-refractivity contribution in [2.75, 3.05) is 5.32 Å². The number of aromatic nitrogens is 1. The third-order valence-corrected chi connectivity index (χ3v) is 7.28. The standard InChI is InChI=1S/C26H22N2O4S2.H2/c1-2-22(18-9-5-3-6-10-18)25(30)32-20-15-13-19(14-16-20)24(29)28-26-27-23(17-33-26)34(31)21-11-7-4-8-12-21;/h3-17,22H,2H2,1H3,(H,27,28,29);1H/t22-,34?;/m0./s1. The molecule has 1 heterocycles. The zero-order valence-electron chi connectivity index (χ0n) is 18.3. The van der Waals surface area contributed by atoms with E-state index in [0.29, 0.717) is 32.8 Å². The second-order valence-electron chi connectivity index (χ2n) is 7.34. The summed E-state index contributed by atoms with van der Waals surface area (Å²) in [6.07, 6.45) is 0.619. The summed E-state index contributed by atoms with van der Waals surface area (Å²) in [6.45, 7) is 1.94. The van der Waals surface area contributed by atoms with Crippen molar-refractivity contribution >= 4 is 39.1 Å². The fourth-order valence-corrected chi connectivity index (χ4v) is 5.26. The summed E-state index contributed by atoms with van der Waals surface area (Å²) in [7, 11) is -1.41. The monoisotopic (exact) mass is 492 g/mol. The number of hydrogen-bond acceptors (Lipinski definition) is 6. The van der Waals surface area contributed by atoms with Crippen LogP contribution >= 0.6 is 11.3 Å². The Balaban J connectivity index is 0.00000342. The number of nitrogens with zero attached hydrogens (tertiary/aromatic N) is 1. The van der Waals surface area contributed by atoms with Crippen LogP contribution in [0.5, 0.6) is 5.75 Å². The van der Waals surface area contributed by atoms with Gasteiger partial charge in [0, 0.05) is 17.3 Å². The number of amides is 1. The highest BCUT2D eigenvalue weighted by molar-refractivity contribution is 7.85. The first-order valence-corrected chi connectivity index (χ1v) is 12.7. The fraction of sp³-hybridized carbons (Fsp3) is 0.115. The Bertz CT molecular complexity index is 1300. The Kier molecular flexibility index (Phi) is 7.61. The van der Waals surface area contributed by atoms with Crippen molar-refractivity contribution in [1.29, 1.82) is 0 Å². The number of hydrogen-bond donors (Lipinski definition) is 1. The Morgan fingerprint density at radius 1 is 1.00 bits per heavy atom. The first kappa shape index (κ1) is 23.5. The predicted octanol–water partition coefficient (Wildman–Crippen LogP) is 5.91. The van der Waals surface area contributed by atoms with Crippen LogP contribution in [0.4, 0.5) is 5.13 Å². The number of benzene rings is 3. The molecule has 174 valence electrons. The van der Waals surface area contributed by atoms with Gasteiger partial charge >= 0.3 is 5.97 Å². The Morgan fingerprint density at radius 2 is 1.65 bits per heavy atom. The van der Waals surface area contributed by atoms with Crippen LogP contribution in [0.15, 0.2) is 100 Å². The Hall–Kier alpha value is -3.62. The van der Waals surface area contributed by atoms with Crippen LogP contribution in [0, 0.1) is 0 Å². The van der Waals surface area contributed by atoms with Gasteiger partial charge in [-0.3, -0.25) is 14.9 Å². The quantitative estimate of drug-likeness (QED) is 0.244. The predicted molar refractivity (Wildman–Crippen MR) is 135 cm³/mol. The summed E-state index contributed by atoms with van der Waals surface area (Å²) in [5.41, 5.74) is 1.29. The lowest BCUT2D eigenvalue weighted by atomic mass is 9.97. The van der Waals surface area contributed by atoms with Gasteiger partial charge in [0.05, 0.1) is 5.92 Å². The van der Waals surface area contributed by atoms with E-state index in [-0.39, 0.29) is 19.2 Å². The van der Waals surface area contributed by atoms with Crippen LogP contribution in [0.1, 0.15) is 36.6 Å². The van der Waals surface area contributed by atoms with Gasteiger partial charge in [-0.05, 0) is 48.4 Å². The average Bonchev–Trinajstić information content (AvgIpc) is 3.34. The average molecular weight is 493 g/mol. The van der Waals surface area contributed by atoms with Gasteiger partial charge in [-0.1, -0.05) is 55.5 Å². The SMILES string of the molecule is CC[C@H](C(=O)Oc1ccc(C(=O)Nc2nc(S(=O)c3ccccc3)cs2)cc1)c1ccccc1.[HH]. The number of ether oxygens (including phenoxy) is 1. The molecule has 6 nitrogen and oxygen atoms in total. The number of thiazole rings is 1. The molecule has 1 N–H and O–H groups in total. The van der Waals surface area contributed by atoms with Gasteiger partial charge in [-0.25, -0.2) is 9.19 Å². The molecule has 1 unspecified atom stereocenters. The zero-order valence-corrected chi connectivity index (χ0v) is 20.0. The smallest absolute Gasteiger partial charge is 0.318 e. The van der Waals surface area contributed by atoms with E-state index in [2.05, 4.69) is 10.3 Å². The van der Waals surface area contributed by atoms with Crippen LogP contribution in [0.2, 0.25) is 0 Å². The van der Waals surface area contributed by atoms with Gasteiger partial charge in [0.15, 0.2) is 5.13 Å². The van der Waals surface area contributed by atoms with E-state index in [0.717, 1.165) is 5.56 Å². The van der Waals surface area contributed by atoms with E-state index < -0.39 is 10.8 Å². The molecule has 0 saturated heterocycles. The molecule has 2 atom stereocenters. The number of esters is 1. The molecule has 4 rings (SSSR count). The van der Waals surface area contributed by atoms with Gasteiger partial charge in [-0.15, -0.1) is 11.3 Å². The van der Waals surface area contributed by atoms with Gasteiger partial charge in [0.1, 0.15) is 21.6 Å². The molecule has 1 amide bonds. The van der Waals surface area contributed by atoms with E-state index in [1.807, 2.05) is 55.5 Å². The molecule has 0 aliphatic heterocycles. The maximum absolute atomic E-state index is 12.6. The molecular weight excluding hydrogens is 468 g/mol. The molecule has 0 spiro atoms. The molecule has 4 aromatic rings. The first-order chi connectivity index (χ1) is 16.5. The molecular formula is C26H24N2O4S2. The van der Waals surface area contributed by atoms with Gasteiger partial charge < -0.3 is 4.74 Å². The van der Waals surface area contributed by atoms with Crippen LogP contribution in [0.25, 0.3) is 0 Å². The molecule has 0 radical (unpaired) electrons. The van der Waals surface area contributed by atoms with Crippen molar-refractivity contribution in [3.8, 4) is 5.75 Å². The van der Waals surface area contributed by atoms with Gasteiger partial charge in [0.25, 0.3) is 5.91 Å². The van der Waals surface area contributed by atoms with E-state index in [1.165, 1.54) is 11.3 Å². The molecule has 0 bridgehead atoms. The molecule has 0 aliphatic rings. The maximum Gasteiger partial charge on any atom is 0.318 e. The largest absolute Gasteiger partial charge is 0.426 e. The molecule has 8 heteroatoms. The summed E-state index contributed by atoms with van der Waals surface area (Å²) in [5.74, 6) is -0.692. The number of rotatable bonds is 8. The van der Waals surface area contributed by atoms with Crippen LogP contribution in [0.3, 0.4) is 0 Å². The van der Waals surface area contributed by atoms with Crippen LogP contribution in [-0.2, 0) is 15.6 Å². The number of carbonyl (C=O) groups is 2. The number of carbonyl (C=O) groups excluding carboxylic acids is 2. The number of anilines is 1. The topological polar surface area (TPSA) is 85.4 Å². The van der Waals surface area contributed by atoms with Crippen LogP contribution in [-0.4, -0.2) is 21.1 Å². The second-order valence-corrected chi connectivity index (χ2v) is 9.63. The summed E-state index contributed by atoms with van der Waals surface area (Å²) in [5, 5.41) is 5.13. The normalized spacial score (nSPS) is 12.5. The second kappa shape index (κ2) is 11.0. The van der Waals surface area contributed by atoms with E-state index in [1.54, 1.807) is 41.8 Å². The van der Waals surface area contributed by atoms with E-state index in [9.17, 15) is 13.8 Å². The van der Waals surface area contributed by atoms with Crippen molar-refractivity contribution in [3.05, 3.63) is 101 Å². The highest BCUT2D eigenvalue weighted by atomic mass is 32.2. The lowest BCUT2D eigenvalue weighted by Gasteiger charge is -2.14. The van der Waals surface area contributed by atoms with Crippen molar-refractivity contribution in [2.45, 2.75) is 29.2 Å². The highest BCUT2D eigenvalue weighted by Crippen LogP contribution is 2.24. The lowest BCUT2D eigenvalue weighted by molar-refractivity contribution is -0.136. The minimum absolute atomic E-state index is 0. The van der Waals surface area contributed by atoms with Crippen molar-refractivity contribution < 1.29 is 20.0 Å². The minimum atomic E-state index is -1.41. The Morgan fingerprint density at radius 3 is 2.29 bits per heavy atom. The van der Waals surface area contributed by atoms with Gasteiger partial charge in [-0.2, -0.15) is 0 Å². The summed E-state index contributed by atoms with van der Waals surface area (Å²) in [6, 6.07) is 24.8. The number of nitrogens with one attached hydrogen (secondary N) is 1. The molecule has 34 heavy (non-hydrogen) atoms.